The van der Waals surface area contributed by atoms with Crippen molar-refractivity contribution in [1.29, 1.82) is 0 Å². The smallest absolute Gasteiger partial charge is 0.277 e. The van der Waals surface area contributed by atoms with Crippen molar-refractivity contribution in [2.24, 2.45) is 0 Å². The number of fused-ring (bicyclic) bond motifs is 1. The first kappa shape index (κ1) is 17.1. The van der Waals surface area contributed by atoms with E-state index in [-0.39, 0.29) is 11.9 Å². The van der Waals surface area contributed by atoms with Gasteiger partial charge in [0.25, 0.3) is 5.91 Å². The van der Waals surface area contributed by atoms with Crippen molar-refractivity contribution in [3.05, 3.63) is 47.9 Å². The molecule has 0 N–H and O–H groups in total. The third kappa shape index (κ3) is 2.99. The van der Waals surface area contributed by atoms with E-state index >= 15 is 0 Å². The fourth-order valence-electron chi connectivity index (χ4n) is 2.96. The predicted molar refractivity (Wildman–Crippen MR) is 98.9 cm³/mol. The van der Waals surface area contributed by atoms with Crippen LogP contribution < -0.4 is 4.90 Å². The van der Waals surface area contributed by atoms with Crippen LogP contribution in [0.25, 0.3) is 10.8 Å². The van der Waals surface area contributed by atoms with E-state index < -0.39 is 0 Å². The van der Waals surface area contributed by atoms with Crippen LogP contribution in [0.15, 0.2) is 36.5 Å². The highest BCUT2D eigenvalue weighted by molar-refractivity contribution is 6.09. The molecule has 1 unspecified atom stereocenters. The lowest BCUT2D eigenvalue weighted by molar-refractivity contribution is 0.0975. The zero-order valence-corrected chi connectivity index (χ0v) is 15.1. The van der Waals surface area contributed by atoms with Gasteiger partial charge in [0, 0.05) is 29.6 Å². The highest BCUT2D eigenvalue weighted by Crippen LogP contribution is 2.27. The molecule has 2 heterocycles. The minimum Gasteiger partial charge on any atom is -0.290 e. The van der Waals surface area contributed by atoms with Gasteiger partial charge in [-0.3, -0.25) is 14.4 Å². The first-order valence-electron chi connectivity index (χ1n) is 8.65. The molecule has 0 saturated carbocycles. The third-order valence-corrected chi connectivity index (χ3v) is 4.57. The monoisotopic (exact) mass is 337 g/mol. The molecule has 3 aromatic rings. The molecule has 0 aliphatic heterocycles. The van der Waals surface area contributed by atoms with Gasteiger partial charge < -0.3 is 0 Å². The van der Waals surface area contributed by atoms with E-state index in [0.717, 1.165) is 22.9 Å². The molecule has 0 fully saturated rings. The molecule has 6 nitrogen and oxygen atoms in total. The molecule has 1 aromatic carbocycles. The number of aryl methyl sites for hydroxylation is 1. The summed E-state index contributed by atoms with van der Waals surface area (Å²) in [5.74, 6) is 0.481. The van der Waals surface area contributed by atoms with Crippen molar-refractivity contribution in [1.82, 2.24) is 20.0 Å². The number of aromatic nitrogens is 4. The van der Waals surface area contributed by atoms with Gasteiger partial charge in [-0.1, -0.05) is 31.2 Å². The van der Waals surface area contributed by atoms with Crippen LogP contribution in [0.3, 0.4) is 0 Å². The first-order valence-corrected chi connectivity index (χ1v) is 8.65. The maximum absolute atomic E-state index is 13.2. The van der Waals surface area contributed by atoms with Gasteiger partial charge in [0.15, 0.2) is 5.82 Å². The standard InChI is InChI=1S/C19H23N5O/c1-5-13(3)24-17(11-12-20-24)19(25)23(6-2)18-16-10-8-7-9-15(16)14(4)21-22-18/h7-13H,5-6H2,1-4H3. The molecular weight excluding hydrogens is 314 g/mol. The lowest BCUT2D eigenvalue weighted by Gasteiger charge is -2.22. The van der Waals surface area contributed by atoms with E-state index in [1.165, 1.54) is 0 Å². The van der Waals surface area contributed by atoms with Crippen molar-refractivity contribution in [2.45, 2.75) is 40.2 Å². The maximum Gasteiger partial charge on any atom is 0.277 e. The summed E-state index contributed by atoms with van der Waals surface area (Å²) in [6, 6.07) is 9.83. The number of hydrogen-bond donors (Lipinski definition) is 0. The van der Waals surface area contributed by atoms with Crippen LogP contribution in [0.1, 0.15) is 49.4 Å². The Labute approximate surface area is 147 Å². The van der Waals surface area contributed by atoms with Gasteiger partial charge in [-0.15, -0.1) is 5.10 Å². The molecule has 25 heavy (non-hydrogen) atoms. The summed E-state index contributed by atoms with van der Waals surface area (Å²) in [5.41, 5.74) is 1.43. The predicted octanol–water partition coefficient (Wildman–Crippen LogP) is 3.77. The molecule has 6 heteroatoms. The van der Waals surface area contributed by atoms with Crippen molar-refractivity contribution < 1.29 is 4.79 Å². The molecular formula is C19H23N5O. The fourth-order valence-corrected chi connectivity index (χ4v) is 2.96. The first-order chi connectivity index (χ1) is 12.1. The number of carbonyl (C=O) groups is 1. The van der Waals surface area contributed by atoms with Gasteiger partial charge in [0.2, 0.25) is 0 Å². The Morgan fingerprint density at radius 1 is 1.16 bits per heavy atom. The minimum atomic E-state index is -0.108. The Morgan fingerprint density at radius 3 is 2.56 bits per heavy atom. The number of hydrogen-bond acceptors (Lipinski definition) is 4. The summed E-state index contributed by atoms with van der Waals surface area (Å²) >= 11 is 0. The lowest BCUT2D eigenvalue weighted by Crippen LogP contribution is -2.34. The summed E-state index contributed by atoms with van der Waals surface area (Å²) in [6.45, 7) is 8.51. The average Bonchev–Trinajstić information content (AvgIpc) is 3.13. The average molecular weight is 337 g/mol. The molecule has 2 aromatic heterocycles. The van der Waals surface area contributed by atoms with E-state index in [9.17, 15) is 4.79 Å². The number of amides is 1. The van der Waals surface area contributed by atoms with E-state index in [1.807, 2.05) is 38.1 Å². The van der Waals surface area contributed by atoms with E-state index in [2.05, 4.69) is 29.1 Å². The molecule has 0 radical (unpaired) electrons. The largest absolute Gasteiger partial charge is 0.290 e. The molecule has 0 aliphatic rings. The highest BCUT2D eigenvalue weighted by atomic mass is 16.2. The summed E-state index contributed by atoms with van der Waals surface area (Å²) in [6.07, 6.45) is 2.58. The zero-order valence-electron chi connectivity index (χ0n) is 15.1. The summed E-state index contributed by atoms with van der Waals surface area (Å²) in [7, 11) is 0. The van der Waals surface area contributed by atoms with Crippen molar-refractivity contribution >= 4 is 22.5 Å². The maximum atomic E-state index is 13.2. The Hall–Kier alpha value is -2.76. The highest BCUT2D eigenvalue weighted by Gasteiger charge is 2.24. The lowest BCUT2D eigenvalue weighted by atomic mass is 10.1. The van der Waals surface area contributed by atoms with Gasteiger partial charge in [-0.25, -0.2) is 0 Å². The Morgan fingerprint density at radius 2 is 1.88 bits per heavy atom. The van der Waals surface area contributed by atoms with Crippen LogP contribution in [0.5, 0.6) is 0 Å². The Bertz CT molecular complexity index is 902. The minimum absolute atomic E-state index is 0.108. The fraction of sp³-hybridized carbons (Fsp3) is 0.368. The van der Waals surface area contributed by atoms with E-state index in [4.69, 9.17) is 0 Å². The Balaban J connectivity index is 2.09. The van der Waals surface area contributed by atoms with E-state index in [1.54, 1.807) is 21.8 Å². The van der Waals surface area contributed by atoms with Crippen LogP contribution in [0.2, 0.25) is 0 Å². The normalized spacial score (nSPS) is 12.3. The molecule has 0 spiro atoms. The number of anilines is 1. The second-order valence-corrected chi connectivity index (χ2v) is 6.12. The Kier molecular flexibility index (Phi) is 4.79. The van der Waals surface area contributed by atoms with Gasteiger partial charge in [0.05, 0.1) is 5.69 Å². The number of rotatable bonds is 5. The number of carbonyl (C=O) groups excluding carboxylic acids is 1. The second kappa shape index (κ2) is 7.01. The third-order valence-electron chi connectivity index (χ3n) is 4.57. The number of benzene rings is 1. The van der Waals surface area contributed by atoms with Gasteiger partial charge in [0.1, 0.15) is 5.69 Å². The van der Waals surface area contributed by atoms with Crippen LogP contribution in [-0.4, -0.2) is 32.4 Å². The summed E-state index contributed by atoms with van der Waals surface area (Å²) in [5, 5.41) is 14.8. The van der Waals surface area contributed by atoms with Crippen LogP contribution in [0.4, 0.5) is 5.82 Å². The van der Waals surface area contributed by atoms with Gasteiger partial charge in [-0.2, -0.15) is 10.2 Å². The quantitative estimate of drug-likeness (QED) is 0.711. The second-order valence-electron chi connectivity index (χ2n) is 6.12. The summed E-state index contributed by atoms with van der Waals surface area (Å²) < 4.78 is 1.79. The van der Waals surface area contributed by atoms with Crippen molar-refractivity contribution in [2.75, 3.05) is 11.4 Å². The molecule has 3 rings (SSSR count). The van der Waals surface area contributed by atoms with Crippen molar-refractivity contribution in [3.8, 4) is 0 Å². The van der Waals surface area contributed by atoms with Crippen LogP contribution >= 0.6 is 0 Å². The zero-order chi connectivity index (χ0) is 18.0. The SMILES string of the molecule is CCC(C)n1nccc1C(=O)N(CC)c1nnc(C)c2ccccc12. The summed E-state index contributed by atoms with van der Waals surface area (Å²) in [4.78, 5) is 14.9. The number of nitrogens with zero attached hydrogens (tertiary/aromatic N) is 5. The topological polar surface area (TPSA) is 63.9 Å². The van der Waals surface area contributed by atoms with Gasteiger partial charge in [-0.05, 0) is 33.3 Å². The van der Waals surface area contributed by atoms with Crippen LogP contribution in [-0.2, 0) is 0 Å². The molecule has 0 aliphatic carbocycles. The molecule has 130 valence electrons. The van der Waals surface area contributed by atoms with Crippen LogP contribution in [0, 0.1) is 6.92 Å². The molecule has 0 saturated heterocycles. The molecule has 0 bridgehead atoms. The molecule has 1 amide bonds. The van der Waals surface area contributed by atoms with Gasteiger partial charge >= 0.3 is 0 Å². The molecule has 1 atom stereocenters. The van der Waals surface area contributed by atoms with E-state index in [0.29, 0.717) is 18.1 Å². The van der Waals surface area contributed by atoms with Crippen molar-refractivity contribution in [3.63, 3.8) is 0 Å².